The summed E-state index contributed by atoms with van der Waals surface area (Å²) in [5, 5.41) is 0. The molecular formula is C11H18N2O2. The van der Waals surface area contributed by atoms with Gasteiger partial charge in [0.2, 0.25) is 0 Å². The quantitative estimate of drug-likeness (QED) is 0.706. The lowest BCUT2D eigenvalue weighted by atomic mass is 9.99. The van der Waals surface area contributed by atoms with Crippen LogP contribution in [0.5, 0.6) is 0 Å². The Balaban J connectivity index is 2.61. The zero-order chi connectivity index (χ0) is 11.1. The second kappa shape index (κ2) is 6.50. The second-order valence-corrected chi connectivity index (χ2v) is 3.40. The topological polar surface area (TPSA) is 57.4 Å². The molecule has 0 amide bonds. The van der Waals surface area contributed by atoms with Gasteiger partial charge in [0.1, 0.15) is 0 Å². The molecule has 4 heteroatoms. The first-order valence-electron chi connectivity index (χ1n) is 4.96. The molecule has 0 spiro atoms. The van der Waals surface area contributed by atoms with E-state index in [1.165, 1.54) is 5.56 Å². The van der Waals surface area contributed by atoms with E-state index in [1.807, 2.05) is 12.1 Å². The first kappa shape index (κ1) is 12.1. The minimum absolute atomic E-state index is 0.169. The summed E-state index contributed by atoms with van der Waals surface area (Å²) in [4.78, 5) is 3.97. The number of ether oxygens (including phenoxy) is 2. The van der Waals surface area contributed by atoms with Crippen molar-refractivity contribution in [1.29, 1.82) is 0 Å². The molecule has 1 rings (SSSR count). The maximum absolute atomic E-state index is 5.70. The van der Waals surface area contributed by atoms with Crippen LogP contribution in [0.2, 0.25) is 0 Å². The number of nitrogens with two attached hydrogens (primary N) is 1. The third-order valence-electron chi connectivity index (χ3n) is 2.40. The Hall–Kier alpha value is -0.970. The van der Waals surface area contributed by atoms with E-state index in [1.54, 1.807) is 26.6 Å². The van der Waals surface area contributed by atoms with Gasteiger partial charge in [-0.2, -0.15) is 0 Å². The molecule has 0 fully saturated rings. The summed E-state index contributed by atoms with van der Waals surface area (Å²) >= 11 is 0. The van der Waals surface area contributed by atoms with E-state index in [2.05, 4.69) is 4.98 Å². The van der Waals surface area contributed by atoms with Crippen molar-refractivity contribution in [3.8, 4) is 0 Å². The monoisotopic (exact) mass is 210 g/mol. The van der Waals surface area contributed by atoms with Crippen LogP contribution < -0.4 is 5.73 Å². The maximum Gasteiger partial charge on any atom is 0.161 e. The molecule has 0 saturated carbocycles. The summed E-state index contributed by atoms with van der Waals surface area (Å²) < 4.78 is 10.4. The van der Waals surface area contributed by atoms with Crippen molar-refractivity contribution in [2.45, 2.75) is 12.7 Å². The molecule has 0 aliphatic carbocycles. The van der Waals surface area contributed by atoms with E-state index in [9.17, 15) is 0 Å². The van der Waals surface area contributed by atoms with E-state index in [0.717, 1.165) is 6.42 Å². The normalized spacial score (nSPS) is 13.1. The predicted octanol–water partition coefficient (Wildman–Crippen LogP) is 0.818. The number of methoxy groups -OCH3 is 2. The lowest BCUT2D eigenvalue weighted by Gasteiger charge is -2.23. The molecule has 84 valence electrons. The van der Waals surface area contributed by atoms with Gasteiger partial charge in [-0.15, -0.1) is 0 Å². The van der Waals surface area contributed by atoms with Gasteiger partial charge in [0.15, 0.2) is 6.29 Å². The van der Waals surface area contributed by atoms with Gasteiger partial charge in [0.05, 0.1) is 0 Å². The van der Waals surface area contributed by atoms with Crippen LogP contribution >= 0.6 is 0 Å². The van der Waals surface area contributed by atoms with Gasteiger partial charge in [-0.3, -0.25) is 4.98 Å². The fourth-order valence-electron chi connectivity index (χ4n) is 1.59. The van der Waals surface area contributed by atoms with Crippen molar-refractivity contribution in [3.63, 3.8) is 0 Å². The Labute approximate surface area is 90.4 Å². The largest absolute Gasteiger partial charge is 0.356 e. The van der Waals surface area contributed by atoms with Gasteiger partial charge in [-0.25, -0.2) is 0 Å². The molecule has 0 radical (unpaired) electrons. The van der Waals surface area contributed by atoms with Crippen LogP contribution in [0.15, 0.2) is 24.5 Å². The second-order valence-electron chi connectivity index (χ2n) is 3.40. The number of aromatic nitrogens is 1. The molecule has 15 heavy (non-hydrogen) atoms. The molecule has 1 atom stereocenters. The van der Waals surface area contributed by atoms with Gasteiger partial charge in [-0.05, 0) is 24.1 Å². The minimum Gasteiger partial charge on any atom is -0.356 e. The fraction of sp³-hybridized carbons (Fsp3) is 0.545. The van der Waals surface area contributed by atoms with E-state index in [0.29, 0.717) is 6.54 Å². The highest BCUT2D eigenvalue weighted by Crippen LogP contribution is 2.13. The van der Waals surface area contributed by atoms with Crippen molar-refractivity contribution in [2.75, 3.05) is 20.8 Å². The van der Waals surface area contributed by atoms with E-state index in [-0.39, 0.29) is 12.2 Å². The Morgan fingerprint density at radius 3 is 2.33 bits per heavy atom. The molecule has 0 aliphatic rings. The van der Waals surface area contributed by atoms with Crippen LogP contribution in [0.4, 0.5) is 0 Å². The van der Waals surface area contributed by atoms with E-state index >= 15 is 0 Å². The molecule has 1 aromatic heterocycles. The SMILES string of the molecule is COC(OC)C(CN)Cc1ccncc1. The predicted molar refractivity (Wildman–Crippen MR) is 58.3 cm³/mol. The summed E-state index contributed by atoms with van der Waals surface area (Å²) in [6, 6.07) is 3.95. The molecule has 2 N–H and O–H groups in total. The molecule has 1 aromatic rings. The third-order valence-corrected chi connectivity index (χ3v) is 2.40. The van der Waals surface area contributed by atoms with Gasteiger partial charge in [-0.1, -0.05) is 0 Å². The molecule has 0 aromatic carbocycles. The highest BCUT2D eigenvalue weighted by molar-refractivity contribution is 5.10. The third kappa shape index (κ3) is 3.58. The average molecular weight is 210 g/mol. The summed E-state index contributed by atoms with van der Waals surface area (Å²) in [5.74, 6) is 0.169. The zero-order valence-corrected chi connectivity index (χ0v) is 9.22. The lowest BCUT2D eigenvalue weighted by molar-refractivity contribution is -0.134. The van der Waals surface area contributed by atoms with E-state index < -0.39 is 0 Å². The van der Waals surface area contributed by atoms with Crippen molar-refractivity contribution in [1.82, 2.24) is 4.98 Å². The van der Waals surface area contributed by atoms with Crippen LogP contribution in [0, 0.1) is 5.92 Å². The molecule has 1 heterocycles. The van der Waals surface area contributed by atoms with Crippen LogP contribution in [0.3, 0.4) is 0 Å². The summed E-state index contributed by atoms with van der Waals surface area (Å²) in [7, 11) is 3.26. The van der Waals surface area contributed by atoms with Crippen molar-refractivity contribution >= 4 is 0 Å². The summed E-state index contributed by atoms with van der Waals surface area (Å²) in [6.07, 6.45) is 4.14. The number of nitrogens with zero attached hydrogens (tertiary/aromatic N) is 1. The summed E-state index contributed by atoms with van der Waals surface area (Å²) in [6.45, 7) is 0.536. The molecule has 0 saturated heterocycles. The van der Waals surface area contributed by atoms with Crippen molar-refractivity contribution in [2.24, 2.45) is 11.7 Å². The Morgan fingerprint density at radius 2 is 1.87 bits per heavy atom. The highest BCUT2D eigenvalue weighted by Gasteiger charge is 2.19. The number of rotatable bonds is 6. The molecule has 0 bridgehead atoms. The number of hydrogen-bond donors (Lipinski definition) is 1. The smallest absolute Gasteiger partial charge is 0.161 e. The minimum atomic E-state index is -0.247. The Kier molecular flexibility index (Phi) is 5.25. The zero-order valence-electron chi connectivity index (χ0n) is 9.22. The van der Waals surface area contributed by atoms with Crippen LogP contribution in [-0.4, -0.2) is 32.0 Å². The Bertz CT molecular complexity index is 263. The van der Waals surface area contributed by atoms with Gasteiger partial charge in [0.25, 0.3) is 0 Å². The highest BCUT2D eigenvalue weighted by atomic mass is 16.7. The maximum atomic E-state index is 5.70. The van der Waals surface area contributed by atoms with Gasteiger partial charge in [0, 0.05) is 39.1 Å². The first-order valence-corrected chi connectivity index (χ1v) is 4.96. The molecule has 0 aliphatic heterocycles. The first-order chi connectivity index (χ1) is 7.31. The Morgan fingerprint density at radius 1 is 1.27 bits per heavy atom. The van der Waals surface area contributed by atoms with Crippen molar-refractivity contribution in [3.05, 3.63) is 30.1 Å². The van der Waals surface area contributed by atoms with Crippen molar-refractivity contribution < 1.29 is 9.47 Å². The van der Waals surface area contributed by atoms with Gasteiger partial charge < -0.3 is 15.2 Å². The molecular weight excluding hydrogens is 192 g/mol. The molecule has 1 unspecified atom stereocenters. The number of pyridine rings is 1. The average Bonchev–Trinajstić information content (AvgIpc) is 2.30. The lowest BCUT2D eigenvalue weighted by Crippen LogP contribution is -2.32. The fourth-order valence-corrected chi connectivity index (χ4v) is 1.59. The van der Waals surface area contributed by atoms with E-state index in [4.69, 9.17) is 15.2 Å². The number of hydrogen-bond acceptors (Lipinski definition) is 4. The molecule has 4 nitrogen and oxygen atoms in total. The van der Waals surface area contributed by atoms with Crippen LogP contribution in [0.1, 0.15) is 5.56 Å². The van der Waals surface area contributed by atoms with Crippen LogP contribution in [-0.2, 0) is 15.9 Å². The standard InChI is InChI=1S/C11H18N2O2/c1-14-11(15-2)10(8-12)7-9-3-5-13-6-4-9/h3-6,10-11H,7-8,12H2,1-2H3. The van der Waals surface area contributed by atoms with Crippen LogP contribution in [0.25, 0.3) is 0 Å². The van der Waals surface area contributed by atoms with Gasteiger partial charge >= 0.3 is 0 Å². The summed E-state index contributed by atoms with van der Waals surface area (Å²) in [5.41, 5.74) is 6.89.